The highest BCUT2D eigenvalue weighted by molar-refractivity contribution is 8.02. The number of thioether (sulfide) groups is 1. The number of ether oxygens (including phenoxy) is 1. The Morgan fingerprint density at radius 3 is 2.57 bits per heavy atom. The number of aliphatic hydroxyl groups is 1. The minimum atomic E-state index is -0.325. The molecule has 0 amide bonds. The molecule has 0 aliphatic carbocycles. The Balaban J connectivity index is 2.50. The van der Waals surface area contributed by atoms with Crippen LogP contribution in [0.15, 0.2) is 60.6 Å². The second kappa shape index (κ2) is 10.0. The van der Waals surface area contributed by atoms with Crippen molar-refractivity contribution in [2.45, 2.75) is 18.6 Å². The summed E-state index contributed by atoms with van der Waals surface area (Å²) in [6.07, 6.45) is 6.09. The molecule has 0 spiro atoms. The third-order valence-electron chi connectivity index (χ3n) is 2.58. The maximum absolute atomic E-state index is 11.4. The summed E-state index contributed by atoms with van der Waals surface area (Å²) < 4.78 is 5.16. The molecule has 0 aliphatic rings. The average molecular weight is 304 g/mol. The maximum atomic E-state index is 11.4. The van der Waals surface area contributed by atoms with Crippen molar-refractivity contribution in [1.82, 2.24) is 0 Å². The zero-order chi connectivity index (χ0) is 15.5. The van der Waals surface area contributed by atoms with Gasteiger partial charge in [-0.15, -0.1) is 11.8 Å². The van der Waals surface area contributed by atoms with E-state index in [2.05, 4.69) is 13.2 Å². The predicted molar refractivity (Wildman–Crippen MR) is 88.2 cm³/mol. The van der Waals surface area contributed by atoms with Crippen LogP contribution in [0.25, 0.3) is 0 Å². The Labute approximate surface area is 130 Å². The van der Waals surface area contributed by atoms with Crippen molar-refractivity contribution in [3.63, 3.8) is 0 Å². The Morgan fingerprint density at radius 1 is 1.29 bits per heavy atom. The van der Waals surface area contributed by atoms with Crippen LogP contribution in [0.1, 0.15) is 18.4 Å². The number of carbonyl (C=O) groups excluding carboxylic acids is 1. The van der Waals surface area contributed by atoms with Gasteiger partial charge in [0.1, 0.15) is 5.75 Å². The van der Waals surface area contributed by atoms with Crippen LogP contribution in [0.5, 0.6) is 5.75 Å². The van der Waals surface area contributed by atoms with Gasteiger partial charge in [-0.05, 0) is 30.2 Å². The van der Waals surface area contributed by atoms with Crippen molar-refractivity contribution < 1.29 is 14.6 Å². The van der Waals surface area contributed by atoms with Crippen molar-refractivity contribution in [3.8, 4) is 5.75 Å². The molecule has 112 valence electrons. The van der Waals surface area contributed by atoms with E-state index >= 15 is 0 Å². The molecule has 0 radical (unpaired) electrons. The molecule has 1 rings (SSSR count). The second-order valence-electron chi connectivity index (χ2n) is 4.24. The second-order valence-corrected chi connectivity index (χ2v) is 5.29. The van der Waals surface area contributed by atoms with Gasteiger partial charge in [0.05, 0.1) is 0 Å². The molecule has 0 heterocycles. The molecule has 0 aliphatic heterocycles. The van der Waals surface area contributed by atoms with Crippen LogP contribution < -0.4 is 4.74 Å². The number of hydrogen-bond acceptors (Lipinski definition) is 4. The van der Waals surface area contributed by atoms with Crippen molar-refractivity contribution in [2.24, 2.45) is 0 Å². The summed E-state index contributed by atoms with van der Waals surface area (Å²) in [6, 6.07) is 7.40. The molecule has 0 saturated carbocycles. The topological polar surface area (TPSA) is 46.5 Å². The SMILES string of the molecule is C=C/C=C(\C=C)SCc1ccc(OC(=O)CCCO)cc1. The molecular weight excluding hydrogens is 284 g/mol. The van der Waals surface area contributed by atoms with E-state index in [0.29, 0.717) is 12.2 Å². The van der Waals surface area contributed by atoms with E-state index in [9.17, 15) is 4.79 Å². The van der Waals surface area contributed by atoms with Gasteiger partial charge in [0.15, 0.2) is 0 Å². The summed E-state index contributed by atoms with van der Waals surface area (Å²) in [5.74, 6) is 1.01. The van der Waals surface area contributed by atoms with E-state index in [-0.39, 0.29) is 19.0 Å². The summed E-state index contributed by atoms with van der Waals surface area (Å²) >= 11 is 1.67. The first-order chi connectivity index (χ1) is 10.2. The Morgan fingerprint density at radius 2 is 2.00 bits per heavy atom. The molecule has 21 heavy (non-hydrogen) atoms. The first-order valence-electron chi connectivity index (χ1n) is 6.68. The molecule has 0 fully saturated rings. The van der Waals surface area contributed by atoms with Crippen LogP contribution in [-0.4, -0.2) is 17.7 Å². The van der Waals surface area contributed by atoms with E-state index in [1.54, 1.807) is 36.0 Å². The largest absolute Gasteiger partial charge is 0.427 e. The fourth-order valence-corrected chi connectivity index (χ4v) is 2.35. The summed E-state index contributed by atoms with van der Waals surface area (Å²) in [5.41, 5.74) is 1.13. The summed E-state index contributed by atoms with van der Waals surface area (Å²) in [7, 11) is 0. The lowest BCUT2D eigenvalue weighted by Crippen LogP contribution is -2.08. The molecule has 0 aromatic heterocycles. The third-order valence-corrected chi connectivity index (χ3v) is 3.70. The molecule has 3 nitrogen and oxygen atoms in total. The summed E-state index contributed by atoms with van der Waals surface area (Å²) in [4.78, 5) is 12.5. The van der Waals surface area contributed by atoms with Gasteiger partial charge in [-0.3, -0.25) is 4.79 Å². The number of allylic oxidation sites excluding steroid dienone is 3. The first-order valence-corrected chi connectivity index (χ1v) is 7.66. The number of benzene rings is 1. The highest BCUT2D eigenvalue weighted by Gasteiger charge is 2.04. The van der Waals surface area contributed by atoms with Gasteiger partial charge in [0.25, 0.3) is 0 Å². The van der Waals surface area contributed by atoms with E-state index in [1.165, 1.54) is 0 Å². The fraction of sp³-hybridized carbons (Fsp3) is 0.235. The van der Waals surface area contributed by atoms with Crippen LogP contribution >= 0.6 is 11.8 Å². The lowest BCUT2D eigenvalue weighted by molar-refractivity contribution is -0.134. The molecule has 4 heteroatoms. The van der Waals surface area contributed by atoms with Gasteiger partial charge in [-0.25, -0.2) is 0 Å². The monoisotopic (exact) mass is 304 g/mol. The van der Waals surface area contributed by atoms with Crippen molar-refractivity contribution in [3.05, 3.63) is 66.1 Å². The van der Waals surface area contributed by atoms with Gasteiger partial charge < -0.3 is 9.84 Å². The van der Waals surface area contributed by atoms with Crippen molar-refractivity contribution >= 4 is 17.7 Å². The van der Waals surface area contributed by atoms with Gasteiger partial charge >= 0.3 is 5.97 Å². The van der Waals surface area contributed by atoms with Crippen LogP contribution in [0, 0.1) is 0 Å². The number of carbonyl (C=O) groups is 1. The Bertz CT molecular complexity index is 503. The molecule has 1 aromatic carbocycles. The van der Waals surface area contributed by atoms with Gasteiger partial charge in [0.2, 0.25) is 0 Å². The average Bonchev–Trinajstić information content (AvgIpc) is 2.50. The van der Waals surface area contributed by atoms with Crippen LogP contribution in [0.2, 0.25) is 0 Å². The van der Waals surface area contributed by atoms with Crippen LogP contribution in [-0.2, 0) is 10.5 Å². The van der Waals surface area contributed by atoms with E-state index < -0.39 is 0 Å². The van der Waals surface area contributed by atoms with E-state index in [4.69, 9.17) is 9.84 Å². The molecule has 1 aromatic rings. The Kier molecular flexibility index (Phi) is 8.24. The van der Waals surface area contributed by atoms with Gasteiger partial charge in [-0.2, -0.15) is 0 Å². The van der Waals surface area contributed by atoms with Crippen molar-refractivity contribution in [2.75, 3.05) is 6.61 Å². The number of esters is 1. The highest BCUT2D eigenvalue weighted by atomic mass is 32.2. The number of rotatable bonds is 9. The zero-order valence-electron chi connectivity index (χ0n) is 12.0. The van der Waals surface area contributed by atoms with Gasteiger partial charge in [0, 0.05) is 23.7 Å². The lowest BCUT2D eigenvalue weighted by Gasteiger charge is -2.06. The highest BCUT2D eigenvalue weighted by Crippen LogP contribution is 2.23. The van der Waals surface area contributed by atoms with E-state index in [1.807, 2.05) is 18.2 Å². The maximum Gasteiger partial charge on any atom is 0.311 e. The summed E-state index contributed by atoms with van der Waals surface area (Å²) in [5, 5.41) is 8.65. The Hall–Kier alpha value is -1.78. The normalized spacial score (nSPS) is 11.0. The molecule has 0 saturated heterocycles. The molecule has 1 N–H and O–H groups in total. The number of aliphatic hydroxyl groups excluding tert-OH is 1. The minimum Gasteiger partial charge on any atom is -0.427 e. The summed E-state index contributed by atoms with van der Waals surface area (Å²) in [6.45, 7) is 7.41. The lowest BCUT2D eigenvalue weighted by atomic mass is 10.2. The van der Waals surface area contributed by atoms with E-state index in [0.717, 1.165) is 16.2 Å². The fourth-order valence-electron chi connectivity index (χ4n) is 1.52. The molecular formula is C17H20O3S. The standard InChI is InChI=1S/C17H20O3S/c1-3-6-16(4-2)21-13-14-8-10-15(11-9-14)20-17(19)7-5-12-18/h3-4,6,8-11,18H,1-2,5,7,12-13H2/b16-6+. The minimum absolute atomic E-state index is 0.00484. The smallest absolute Gasteiger partial charge is 0.311 e. The van der Waals surface area contributed by atoms with Crippen molar-refractivity contribution in [1.29, 1.82) is 0 Å². The van der Waals surface area contributed by atoms with Gasteiger partial charge in [-0.1, -0.05) is 37.4 Å². The predicted octanol–water partition coefficient (Wildman–Crippen LogP) is 3.85. The number of hydrogen-bond donors (Lipinski definition) is 1. The molecule has 0 unspecified atom stereocenters. The molecule has 0 atom stereocenters. The zero-order valence-corrected chi connectivity index (χ0v) is 12.8. The van der Waals surface area contributed by atoms with Crippen LogP contribution in [0.4, 0.5) is 0 Å². The first kappa shape index (κ1) is 17.3. The third kappa shape index (κ3) is 6.97. The quantitative estimate of drug-likeness (QED) is 0.427. The van der Waals surface area contributed by atoms with Crippen LogP contribution in [0.3, 0.4) is 0 Å². The molecule has 0 bridgehead atoms.